The summed E-state index contributed by atoms with van der Waals surface area (Å²) >= 11 is 0. The fourth-order valence-electron chi connectivity index (χ4n) is 2.87. The van der Waals surface area contributed by atoms with Crippen LogP contribution in [0.15, 0.2) is 28.8 Å². The zero-order chi connectivity index (χ0) is 14.7. The molecule has 1 atom stereocenters. The molecule has 21 heavy (non-hydrogen) atoms. The van der Waals surface area contributed by atoms with Crippen molar-refractivity contribution >= 4 is 0 Å². The zero-order valence-electron chi connectivity index (χ0n) is 12.3. The van der Waals surface area contributed by atoms with Crippen molar-refractivity contribution in [1.82, 2.24) is 15.0 Å². The molecule has 1 aromatic carbocycles. The van der Waals surface area contributed by atoms with E-state index in [0.717, 1.165) is 24.9 Å². The second kappa shape index (κ2) is 6.37. The quantitative estimate of drug-likeness (QED) is 0.935. The third-order valence-corrected chi connectivity index (χ3v) is 4.04. The van der Waals surface area contributed by atoms with Crippen LogP contribution in [0.1, 0.15) is 30.7 Å². The first-order valence-electron chi connectivity index (χ1n) is 7.51. The van der Waals surface area contributed by atoms with Crippen molar-refractivity contribution in [3.8, 4) is 11.4 Å². The minimum atomic E-state index is 0.193. The first-order chi connectivity index (χ1) is 10.3. The van der Waals surface area contributed by atoms with Crippen LogP contribution in [0.4, 0.5) is 0 Å². The van der Waals surface area contributed by atoms with E-state index in [-0.39, 0.29) is 12.6 Å². The van der Waals surface area contributed by atoms with Crippen LogP contribution in [0.5, 0.6) is 0 Å². The molecule has 2 aromatic rings. The normalized spacial score (nSPS) is 19.8. The highest BCUT2D eigenvalue weighted by Gasteiger charge is 2.23. The molecule has 5 heteroatoms. The molecule has 1 aromatic heterocycles. The lowest BCUT2D eigenvalue weighted by atomic mass is 10.0. The van der Waals surface area contributed by atoms with Gasteiger partial charge in [0.05, 0.1) is 13.2 Å². The van der Waals surface area contributed by atoms with Crippen molar-refractivity contribution in [2.75, 3.05) is 13.2 Å². The van der Waals surface area contributed by atoms with E-state index in [1.54, 1.807) is 0 Å². The Labute approximate surface area is 124 Å². The summed E-state index contributed by atoms with van der Waals surface area (Å²) in [6.07, 6.45) is 3.38. The molecule has 0 bridgehead atoms. The largest absolute Gasteiger partial charge is 0.395 e. The highest BCUT2D eigenvalue weighted by atomic mass is 16.5. The molecule has 0 aliphatic carbocycles. The van der Waals surface area contributed by atoms with E-state index in [1.165, 1.54) is 12.0 Å². The summed E-state index contributed by atoms with van der Waals surface area (Å²) in [4.78, 5) is 6.72. The molecule has 2 heterocycles. The number of likely N-dealkylation sites (tertiary alicyclic amines) is 1. The van der Waals surface area contributed by atoms with Crippen molar-refractivity contribution < 1.29 is 9.63 Å². The molecule has 0 spiro atoms. The van der Waals surface area contributed by atoms with Gasteiger partial charge in [0.2, 0.25) is 11.7 Å². The van der Waals surface area contributed by atoms with Gasteiger partial charge < -0.3 is 9.63 Å². The maximum atomic E-state index is 9.44. The Morgan fingerprint density at radius 3 is 3.10 bits per heavy atom. The molecule has 3 rings (SSSR count). The van der Waals surface area contributed by atoms with Gasteiger partial charge >= 0.3 is 0 Å². The molecule has 0 radical (unpaired) electrons. The van der Waals surface area contributed by atoms with Crippen molar-refractivity contribution in [2.24, 2.45) is 0 Å². The average Bonchev–Trinajstić information content (AvgIpc) is 2.96. The van der Waals surface area contributed by atoms with Gasteiger partial charge in [0.1, 0.15) is 0 Å². The SMILES string of the molecule is Cc1cccc(-c2noc(CN3CCCCC3CO)n2)c1. The number of benzene rings is 1. The maximum absolute atomic E-state index is 9.44. The lowest BCUT2D eigenvalue weighted by Gasteiger charge is -2.33. The average molecular weight is 287 g/mol. The van der Waals surface area contributed by atoms with Crippen LogP contribution in [-0.2, 0) is 6.54 Å². The Kier molecular flexibility index (Phi) is 4.31. The minimum absolute atomic E-state index is 0.193. The molecule has 5 nitrogen and oxygen atoms in total. The minimum Gasteiger partial charge on any atom is -0.395 e. The number of rotatable bonds is 4. The first-order valence-corrected chi connectivity index (χ1v) is 7.51. The number of aromatic nitrogens is 2. The topological polar surface area (TPSA) is 62.4 Å². The molecule has 1 fully saturated rings. The van der Waals surface area contributed by atoms with Gasteiger partial charge in [-0.05, 0) is 32.4 Å². The monoisotopic (exact) mass is 287 g/mol. The van der Waals surface area contributed by atoms with Gasteiger partial charge in [-0.15, -0.1) is 0 Å². The summed E-state index contributed by atoms with van der Waals surface area (Å²) in [5.41, 5.74) is 2.15. The molecule has 1 aliphatic rings. The molecule has 112 valence electrons. The van der Waals surface area contributed by atoms with E-state index < -0.39 is 0 Å². The summed E-state index contributed by atoms with van der Waals surface area (Å²) in [7, 11) is 0. The Bertz CT molecular complexity index is 597. The smallest absolute Gasteiger partial charge is 0.241 e. The lowest BCUT2D eigenvalue weighted by Crippen LogP contribution is -2.41. The van der Waals surface area contributed by atoms with Crippen molar-refractivity contribution in [1.29, 1.82) is 0 Å². The van der Waals surface area contributed by atoms with E-state index in [9.17, 15) is 5.11 Å². The first kappa shape index (κ1) is 14.2. The number of nitrogens with zero attached hydrogens (tertiary/aromatic N) is 3. The predicted molar refractivity (Wildman–Crippen MR) is 79.6 cm³/mol. The molecule has 1 saturated heterocycles. The Morgan fingerprint density at radius 1 is 1.38 bits per heavy atom. The molecule has 0 amide bonds. The highest BCUT2D eigenvalue weighted by Crippen LogP contribution is 2.21. The highest BCUT2D eigenvalue weighted by molar-refractivity contribution is 5.55. The standard InChI is InChI=1S/C16H21N3O2/c1-12-5-4-6-13(9-12)16-17-15(21-18-16)10-19-8-3-2-7-14(19)11-20/h4-6,9,14,20H,2-3,7-8,10-11H2,1H3. The van der Waals surface area contributed by atoms with E-state index in [1.807, 2.05) is 31.2 Å². The van der Waals surface area contributed by atoms with E-state index in [2.05, 4.69) is 15.0 Å². The molecule has 1 N–H and O–H groups in total. The van der Waals surface area contributed by atoms with Gasteiger partial charge in [0.25, 0.3) is 0 Å². The number of hydrogen-bond donors (Lipinski definition) is 1. The van der Waals surface area contributed by atoms with Crippen LogP contribution in [0, 0.1) is 6.92 Å². The molecule has 1 aliphatic heterocycles. The molecule has 0 saturated carbocycles. The van der Waals surface area contributed by atoms with Gasteiger partial charge in [-0.1, -0.05) is 35.3 Å². The predicted octanol–water partition coefficient (Wildman–Crippen LogP) is 2.39. The van der Waals surface area contributed by atoms with Crippen molar-refractivity contribution in [3.05, 3.63) is 35.7 Å². The third kappa shape index (κ3) is 3.31. The van der Waals surface area contributed by atoms with Crippen LogP contribution >= 0.6 is 0 Å². The van der Waals surface area contributed by atoms with Crippen LogP contribution in [0.25, 0.3) is 11.4 Å². The van der Waals surface area contributed by atoms with Gasteiger partial charge in [-0.25, -0.2) is 0 Å². The summed E-state index contributed by atoms with van der Waals surface area (Å²) in [6, 6.07) is 8.29. The summed E-state index contributed by atoms with van der Waals surface area (Å²) < 4.78 is 5.37. The number of aryl methyl sites for hydroxylation is 1. The van der Waals surface area contributed by atoms with Crippen LogP contribution < -0.4 is 0 Å². The second-order valence-corrected chi connectivity index (χ2v) is 5.68. The van der Waals surface area contributed by atoms with E-state index >= 15 is 0 Å². The Balaban J connectivity index is 1.73. The van der Waals surface area contributed by atoms with Crippen LogP contribution in [0.3, 0.4) is 0 Å². The lowest BCUT2D eigenvalue weighted by molar-refractivity contribution is 0.0749. The second-order valence-electron chi connectivity index (χ2n) is 5.68. The number of hydrogen-bond acceptors (Lipinski definition) is 5. The molecular formula is C16H21N3O2. The third-order valence-electron chi connectivity index (χ3n) is 4.04. The van der Waals surface area contributed by atoms with E-state index in [4.69, 9.17) is 4.52 Å². The summed E-state index contributed by atoms with van der Waals surface area (Å²) in [5.74, 6) is 1.25. The van der Waals surface area contributed by atoms with Crippen LogP contribution in [0.2, 0.25) is 0 Å². The maximum Gasteiger partial charge on any atom is 0.241 e. The van der Waals surface area contributed by atoms with Crippen LogP contribution in [-0.4, -0.2) is 39.3 Å². The van der Waals surface area contributed by atoms with Gasteiger partial charge in [0, 0.05) is 11.6 Å². The fraction of sp³-hybridized carbons (Fsp3) is 0.500. The molecule has 1 unspecified atom stereocenters. The fourth-order valence-corrected chi connectivity index (χ4v) is 2.87. The summed E-state index contributed by atoms with van der Waals surface area (Å²) in [5, 5.41) is 13.5. The molecular weight excluding hydrogens is 266 g/mol. The zero-order valence-corrected chi connectivity index (χ0v) is 12.3. The summed E-state index contributed by atoms with van der Waals surface area (Å²) in [6.45, 7) is 3.83. The van der Waals surface area contributed by atoms with Gasteiger partial charge in [0.15, 0.2) is 0 Å². The van der Waals surface area contributed by atoms with Gasteiger partial charge in [-0.3, -0.25) is 4.90 Å². The number of aliphatic hydroxyl groups excluding tert-OH is 1. The number of piperidine rings is 1. The van der Waals surface area contributed by atoms with Crippen molar-refractivity contribution in [3.63, 3.8) is 0 Å². The Morgan fingerprint density at radius 2 is 2.29 bits per heavy atom. The van der Waals surface area contributed by atoms with Gasteiger partial charge in [-0.2, -0.15) is 4.98 Å². The number of aliphatic hydroxyl groups is 1. The van der Waals surface area contributed by atoms with E-state index in [0.29, 0.717) is 18.3 Å². The Hall–Kier alpha value is -1.72. The van der Waals surface area contributed by atoms with Crippen molar-refractivity contribution in [2.45, 2.75) is 38.8 Å².